The normalized spacial score (nSPS) is 12.7. The topological polar surface area (TPSA) is 36.0 Å². The summed E-state index contributed by atoms with van der Waals surface area (Å²) in [4.78, 5) is 2.82. The smallest absolute Gasteiger partial charge is 0.159 e. The highest BCUT2D eigenvalue weighted by atomic mass is 19.2. The molecule has 1 aromatic heterocycles. The van der Waals surface area contributed by atoms with E-state index in [2.05, 4.69) is 4.98 Å². The van der Waals surface area contributed by atoms with Gasteiger partial charge < -0.3 is 10.1 Å². The third-order valence-electron chi connectivity index (χ3n) is 2.42. The zero-order valence-electron chi connectivity index (χ0n) is 8.45. The van der Waals surface area contributed by atoms with Gasteiger partial charge in [0.15, 0.2) is 11.6 Å². The van der Waals surface area contributed by atoms with Crippen LogP contribution < -0.4 is 0 Å². The predicted molar refractivity (Wildman–Crippen MR) is 55.8 cm³/mol. The first-order chi connectivity index (χ1) is 7.66. The zero-order chi connectivity index (χ0) is 11.5. The maximum Gasteiger partial charge on any atom is 0.159 e. The van der Waals surface area contributed by atoms with Gasteiger partial charge in [0, 0.05) is 18.8 Å². The van der Waals surface area contributed by atoms with Crippen molar-refractivity contribution in [2.45, 2.75) is 12.5 Å². The molecule has 2 rings (SSSR count). The van der Waals surface area contributed by atoms with Crippen LogP contribution in [0.2, 0.25) is 0 Å². The van der Waals surface area contributed by atoms with Crippen LogP contribution in [0.3, 0.4) is 0 Å². The van der Waals surface area contributed by atoms with E-state index >= 15 is 0 Å². The lowest BCUT2D eigenvalue weighted by Crippen LogP contribution is -2.01. The summed E-state index contributed by atoms with van der Waals surface area (Å²) >= 11 is 0. The Labute approximate surface area is 91.6 Å². The monoisotopic (exact) mass is 223 g/mol. The van der Waals surface area contributed by atoms with E-state index in [1.807, 2.05) is 0 Å². The van der Waals surface area contributed by atoms with Crippen molar-refractivity contribution in [3.63, 3.8) is 0 Å². The standard InChI is InChI=1S/C12H11F2NO/c13-10-2-1-8(5-11(10)14)6-12(16)9-3-4-15-7-9/h1-5,7,12,15-16H,6H2. The van der Waals surface area contributed by atoms with Crippen LogP contribution in [0.1, 0.15) is 17.2 Å². The first kappa shape index (κ1) is 10.8. The van der Waals surface area contributed by atoms with Gasteiger partial charge >= 0.3 is 0 Å². The van der Waals surface area contributed by atoms with Gasteiger partial charge in [-0.3, -0.25) is 0 Å². The maximum absolute atomic E-state index is 12.9. The van der Waals surface area contributed by atoms with Crippen molar-refractivity contribution in [3.8, 4) is 0 Å². The van der Waals surface area contributed by atoms with Gasteiger partial charge in [-0.1, -0.05) is 6.07 Å². The van der Waals surface area contributed by atoms with Crippen molar-refractivity contribution in [3.05, 3.63) is 59.4 Å². The molecule has 0 spiro atoms. The molecule has 1 atom stereocenters. The number of hydrogen-bond acceptors (Lipinski definition) is 1. The van der Waals surface area contributed by atoms with Crippen LogP contribution in [0.15, 0.2) is 36.7 Å². The molecule has 4 heteroatoms. The number of aromatic nitrogens is 1. The number of H-pyrrole nitrogens is 1. The molecule has 0 aliphatic rings. The van der Waals surface area contributed by atoms with Crippen LogP contribution in [-0.2, 0) is 6.42 Å². The molecule has 0 bridgehead atoms. The summed E-state index contributed by atoms with van der Waals surface area (Å²) in [6.07, 6.45) is 2.92. The second kappa shape index (κ2) is 4.45. The Bertz CT molecular complexity index is 468. The average molecular weight is 223 g/mol. The fourth-order valence-electron chi connectivity index (χ4n) is 1.55. The van der Waals surface area contributed by atoms with Crippen molar-refractivity contribution < 1.29 is 13.9 Å². The van der Waals surface area contributed by atoms with E-state index in [0.717, 1.165) is 17.7 Å². The zero-order valence-corrected chi connectivity index (χ0v) is 8.45. The van der Waals surface area contributed by atoms with E-state index in [1.165, 1.54) is 6.07 Å². The largest absolute Gasteiger partial charge is 0.388 e. The second-order valence-corrected chi connectivity index (χ2v) is 3.61. The van der Waals surface area contributed by atoms with Crippen molar-refractivity contribution in [1.29, 1.82) is 0 Å². The van der Waals surface area contributed by atoms with Crippen LogP contribution in [0, 0.1) is 11.6 Å². The molecule has 0 fully saturated rings. The van der Waals surface area contributed by atoms with Gasteiger partial charge in [0.2, 0.25) is 0 Å². The molecule has 0 saturated heterocycles. The van der Waals surface area contributed by atoms with E-state index in [0.29, 0.717) is 5.56 Å². The number of aliphatic hydroxyl groups excluding tert-OH is 1. The highest BCUT2D eigenvalue weighted by Crippen LogP contribution is 2.18. The minimum absolute atomic E-state index is 0.259. The molecule has 1 unspecified atom stereocenters. The molecule has 2 N–H and O–H groups in total. The van der Waals surface area contributed by atoms with Crippen molar-refractivity contribution in [2.24, 2.45) is 0 Å². The minimum Gasteiger partial charge on any atom is -0.388 e. The molecule has 1 heterocycles. The summed E-state index contributed by atoms with van der Waals surface area (Å²) < 4.78 is 25.6. The highest BCUT2D eigenvalue weighted by molar-refractivity contribution is 5.21. The molecule has 2 nitrogen and oxygen atoms in total. The number of halogens is 2. The molecular weight excluding hydrogens is 212 g/mol. The van der Waals surface area contributed by atoms with Crippen LogP contribution in [0.25, 0.3) is 0 Å². The highest BCUT2D eigenvalue weighted by Gasteiger charge is 2.10. The summed E-state index contributed by atoms with van der Waals surface area (Å²) in [5.41, 5.74) is 1.29. The van der Waals surface area contributed by atoms with Crippen molar-refractivity contribution in [2.75, 3.05) is 0 Å². The van der Waals surface area contributed by atoms with Gasteiger partial charge in [-0.25, -0.2) is 8.78 Å². The Morgan fingerprint density at radius 3 is 2.62 bits per heavy atom. The quantitative estimate of drug-likeness (QED) is 0.824. The summed E-state index contributed by atoms with van der Waals surface area (Å²) in [6, 6.07) is 5.37. The average Bonchev–Trinajstić information content (AvgIpc) is 2.77. The summed E-state index contributed by atoms with van der Waals surface area (Å²) in [5.74, 6) is -1.77. The van der Waals surface area contributed by atoms with Gasteiger partial charge in [0.1, 0.15) is 0 Å². The lowest BCUT2D eigenvalue weighted by molar-refractivity contribution is 0.178. The molecule has 0 aliphatic carbocycles. The van der Waals surface area contributed by atoms with Crippen LogP contribution in [0.5, 0.6) is 0 Å². The Morgan fingerprint density at radius 1 is 1.19 bits per heavy atom. The lowest BCUT2D eigenvalue weighted by Gasteiger charge is -2.08. The van der Waals surface area contributed by atoms with Crippen LogP contribution >= 0.6 is 0 Å². The number of aromatic amines is 1. The molecule has 84 valence electrons. The fraction of sp³-hybridized carbons (Fsp3) is 0.167. The second-order valence-electron chi connectivity index (χ2n) is 3.61. The van der Waals surface area contributed by atoms with E-state index < -0.39 is 17.7 Å². The predicted octanol–water partition coefficient (Wildman–Crippen LogP) is 2.57. The molecule has 0 radical (unpaired) electrons. The third-order valence-corrected chi connectivity index (χ3v) is 2.42. The molecule has 16 heavy (non-hydrogen) atoms. The van der Waals surface area contributed by atoms with E-state index in [4.69, 9.17) is 0 Å². The SMILES string of the molecule is OC(Cc1ccc(F)c(F)c1)c1cc[nH]c1. The number of rotatable bonds is 3. The molecule has 2 aromatic rings. The summed E-state index contributed by atoms with van der Waals surface area (Å²) in [7, 11) is 0. The van der Waals surface area contributed by atoms with Gasteiger partial charge in [0.25, 0.3) is 0 Å². The number of aliphatic hydroxyl groups is 1. The van der Waals surface area contributed by atoms with Crippen molar-refractivity contribution in [1.82, 2.24) is 4.98 Å². The molecule has 0 saturated carbocycles. The van der Waals surface area contributed by atoms with E-state index in [9.17, 15) is 13.9 Å². The van der Waals surface area contributed by atoms with Gasteiger partial charge in [0.05, 0.1) is 6.10 Å². The number of hydrogen-bond donors (Lipinski definition) is 2. The summed E-state index contributed by atoms with van der Waals surface area (Å²) in [6.45, 7) is 0. The van der Waals surface area contributed by atoms with E-state index in [1.54, 1.807) is 18.5 Å². The van der Waals surface area contributed by atoms with Gasteiger partial charge in [-0.05, 0) is 29.3 Å². The Morgan fingerprint density at radius 2 is 2.00 bits per heavy atom. The van der Waals surface area contributed by atoms with Crippen LogP contribution in [0.4, 0.5) is 8.78 Å². The first-order valence-corrected chi connectivity index (χ1v) is 4.91. The lowest BCUT2D eigenvalue weighted by atomic mass is 10.0. The molecular formula is C12H11F2NO. The summed E-state index contributed by atoms with van der Waals surface area (Å²) in [5, 5.41) is 9.79. The van der Waals surface area contributed by atoms with Crippen molar-refractivity contribution >= 4 is 0 Å². The minimum atomic E-state index is -0.890. The third kappa shape index (κ3) is 2.28. The van der Waals surface area contributed by atoms with Gasteiger partial charge in [-0.2, -0.15) is 0 Å². The molecule has 0 amide bonds. The Kier molecular flexibility index (Phi) is 3.01. The van der Waals surface area contributed by atoms with Gasteiger partial charge in [-0.15, -0.1) is 0 Å². The Balaban J connectivity index is 2.12. The van der Waals surface area contributed by atoms with E-state index in [-0.39, 0.29) is 6.42 Å². The number of benzene rings is 1. The van der Waals surface area contributed by atoms with Crippen LogP contribution in [-0.4, -0.2) is 10.1 Å². The molecule has 1 aromatic carbocycles. The molecule has 0 aliphatic heterocycles. The Hall–Kier alpha value is -1.68. The fourth-order valence-corrected chi connectivity index (χ4v) is 1.55. The maximum atomic E-state index is 12.9. The number of nitrogens with one attached hydrogen (secondary N) is 1. The first-order valence-electron chi connectivity index (χ1n) is 4.91.